The molecule has 0 aliphatic heterocycles. The molecule has 1 amide bonds. The number of rotatable bonds is 6. The van der Waals surface area contributed by atoms with E-state index in [9.17, 15) is 23.0 Å². The number of hydrogen-bond donors (Lipinski definition) is 6. The van der Waals surface area contributed by atoms with Crippen LogP contribution in [0.2, 0.25) is 0 Å². The quantitative estimate of drug-likeness (QED) is 0.145. The number of amides is 1. The summed E-state index contributed by atoms with van der Waals surface area (Å²) in [5.74, 6) is -1.95. The van der Waals surface area contributed by atoms with E-state index in [1.807, 2.05) is 0 Å². The number of phenolic OH excluding ortho intramolecular Hbond substituents is 1. The third kappa shape index (κ3) is 9.81. The molecule has 0 radical (unpaired) electrons. The predicted molar refractivity (Wildman–Crippen MR) is 89.3 cm³/mol. The molecule has 0 bridgehead atoms. The van der Waals surface area contributed by atoms with Crippen LogP contribution in [0.1, 0.15) is 6.92 Å². The van der Waals surface area contributed by atoms with Gasteiger partial charge >= 0.3 is 102 Å². The summed E-state index contributed by atoms with van der Waals surface area (Å²) in [7, 11) is -1.65. The number of carboxylic acids is 1. The number of phenols is 1. The van der Waals surface area contributed by atoms with Gasteiger partial charge in [0.05, 0.1) is 0 Å². The van der Waals surface area contributed by atoms with Crippen LogP contribution in [0, 0.1) is 0 Å². The van der Waals surface area contributed by atoms with Crippen LogP contribution in [0.3, 0.4) is 0 Å². The zero-order valence-electron chi connectivity index (χ0n) is 13.1. The molecule has 0 fully saturated rings. The van der Waals surface area contributed by atoms with E-state index in [0.29, 0.717) is 0 Å². The number of hydrogen-bond acceptors (Lipinski definition) is 6. The molecule has 0 aromatic heterocycles. The molecule has 1 atom stereocenters. The number of para-hydroxylation sites is 1. The Labute approximate surface area is 146 Å². The Kier molecular flexibility index (Phi) is 9.96. The summed E-state index contributed by atoms with van der Waals surface area (Å²) in [6.07, 6.45) is 1.90. The van der Waals surface area contributed by atoms with Crippen LogP contribution >= 0.6 is 7.80 Å². The second-order valence-electron chi connectivity index (χ2n) is 4.44. The number of anilines is 1. The SMILES string of the molecule is CC(=O)Nc1c(O)cccc1[As](=O)(O)O.O=C(O)C=CC[P+](=O)CO. The standard InChI is InChI=1S/C8H10AsNO5.C5H7O4P/c1-5(11)10-8-6(9(13,14)15)3-2-4-7(8)12;6-4-10(9)3-1-2-5(7)8/h2-4,12H,1H3,(H,10,11)(H2,13,14,15);1-2,6H,3-4H2/p+1. The van der Waals surface area contributed by atoms with Crippen molar-refractivity contribution in [2.75, 3.05) is 17.8 Å². The Morgan fingerprint density at radius 2 is 1.92 bits per heavy atom. The van der Waals surface area contributed by atoms with Crippen LogP contribution in [0.25, 0.3) is 0 Å². The van der Waals surface area contributed by atoms with Crippen molar-refractivity contribution >= 4 is 43.9 Å². The van der Waals surface area contributed by atoms with Crippen molar-refractivity contribution in [1.82, 2.24) is 0 Å². The first kappa shape index (κ1) is 23.0. The van der Waals surface area contributed by atoms with Crippen LogP contribution in [0.15, 0.2) is 30.4 Å². The molecular formula is C13H18AsNO9P+. The second kappa shape index (κ2) is 10.8. The minimum Gasteiger partial charge on any atom is -0.478 e. The number of allylic oxidation sites excluding steroid dienone is 1. The van der Waals surface area contributed by atoms with Crippen LogP contribution in [0.4, 0.5) is 5.69 Å². The minimum absolute atomic E-state index is 0.123. The van der Waals surface area contributed by atoms with Crippen molar-refractivity contribution in [3.63, 3.8) is 0 Å². The molecule has 0 saturated heterocycles. The van der Waals surface area contributed by atoms with Crippen molar-refractivity contribution in [1.29, 1.82) is 0 Å². The first-order valence-electron chi connectivity index (χ1n) is 6.57. The van der Waals surface area contributed by atoms with Crippen molar-refractivity contribution in [3.05, 3.63) is 30.4 Å². The summed E-state index contributed by atoms with van der Waals surface area (Å²) in [6, 6.07) is 3.71. The fourth-order valence-electron chi connectivity index (χ4n) is 1.40. The van der Waals surface area contributed by atoms with Gasteiger partial charge in [-0.25, -0.2) is 4.79 Å². The molecule has 25 heavy (non-hydrogen) atoms. The number of nitrogens with one attached hydrogen (secondary N) is 1. The maximum absolute atomic E-state index is 11.1. The third-order valence-corrected chi connectivity index (χ3v) is 5.39. The summed E-state index contributed by atoms with van der Waals surface area (Å²) in [5.41, 5.74) is -0.225. The van der Waals surface area contributed by atoms with E-state index in [4.69, 9.17) is 18.4 Å². The first-order valence-corrected chi connectivity index (χ1v) is 11.6. The summed E-state index contributed by atoms with van der Waals surface area (Å²) >= 11 is -5.14. The number of carbonyl (C=O) groups excluding carboxylic acids is 1. The Bertz CT molecular complexity index is 713. The van der Waals surface area contributed by atoms with Gasteiger partial charge in [0.1, 0.15) is 0 Å². The van der Waals surface area contributed by atoms with Crippen LogP contribution in [0.5, 0.6) is 5.75 Å². The van der Waals surface area contributed by atoms with E-state index in [2.05, 4.69) is 5.32 Å². The first-order chi connectivity index (χ1) is 11.5. The Morgan fingerprint density at radius 1 is 1.32 bits per heavy atom. The average Bonchev–Trinajstić information content (AvgIpc) is 2.48. The normalized spacial score (nSPS) is 11.4. The van der Waals surface area contributed by atoms with Gasteiger partial charge in [0.2, 0.25) is 6.35 Å². The van der Waals surface area contributed by atoms with E-state index in [1.54, 1.807) is 0 Å². The predicted octanol–water partition coefficient (Wildman–Crippen LogP) is -0.684. The monoisotopic (exact) mass is 438 g/mol. The third-order valence-electron chi connectivity index (χ3n) is 2.36. The maximum atomic E-state index is 11.1. The molecule has 10 nitrogen and oxygen atoms in total. The molecule has 1 rings (SSSR count). The van der Waals surface area contributed by atoms with Gasteiger partial charge in [-0.1, -0.05) is 4.57 Å². The zero-order chi connectivity index (χ0) is 19.6. The maximum Gasteiger partial charge on any atom is 0.370 e. The summed E-state index contributed by atoms with van der Waals surface area (Å²) < 4.78 is 39.2. The average molecular weight is 438 g/mol. The number of aliphatic hydroxyl groups excluding tert-OH is 1. The number of carbonyl (C=O) groups is 2. The molecular weight excluding hydrogens is 420 g/mol. The van der Waals surface area contributed by atoms with Gasteiger partial charge in [0.15, 0.2) is 6.16 Å². The molecule has 0 spiro atoms. The molecule has 138 valence electrons. The van der Waals surface area contributed by atoms with Gasteiger partial charge in [0.25, 0.3) is 0 Å². The molecule has 0 aliphatic rings. The molecule has 1 aromatic carbocycles. The molecule has 1 aromatic rings. The second-order valence-corrected chi connectivity index (χ2v) is 9.35. The Morgan fingerprint density at radius 3 is 2.36 bits per heavy atom. The molecule has 0 saturated carbocycles. The molecule has 0 aliphatic carbocycles. The summed E-state index contributed by atoms with van der Waals surface area (Å²) in [6.45, 7) is 1.18. The number of carboxylic acid groups (broad SMARTS) is 1. The van der Waals surface area contributed by atoms with E-state index >= 15 is 0 Å². The fraction of sp³-hybridized carbons (Fsp3) is 0.231. The van der Waals surface area contributed by atoms with Gasteiger partial charge < -0.3 is 10.2 Å². The minimum atomic E-state index is -5.14. The summed E-state index contributed by atoms with van der Waals surface area (Å²) in [4.78, 5) is 20.6. The van der Waals surface area contributed by atoms with Crippen molar-refractivity contribution < 1.29 is 41.4 Å². The van der Waals surface area contributed by atoms with Gasteiger partial charge in [-0.15, -0.1) is 0 Å². The van der Waals surface area contributed by atoms with Gasteiger partial charge in [-0.2, -0.15) is 0 Å². The summed E-state index contributed by atoms with van der Waals surface area (Å²) in [5, 5.41) is 27.8. The number of aliphatic hydroxyl groups is 1. The largest absolute Gasteiger partial charge is 0.478 e. The number of aliphatic carboxylic acids is 1. The van der Waals surface area contributed by atoms with Crippen molar-refractivity contribution in [3.8, 4) is 5.75 Å². The van der Waals surface area contributed by atoms with Crippen molar-refractivity contribution in [2.24, 2.45) is 0 Å². The zero-order valence-corrected chi connectivity index (χ0v) is 15.8. The molecule has 12 heteroatoms. The smallest absolute Gasteiger partial charge is 0.370 e. The van der Waals surface area contributed by atoms with Crippen molar-refractivity contribution in [2.45, 2.75) is 6.92 Å². The van der Waals surface area contributed by atoms with Gasteiger partial charge in [-0.3, -0.25) is 0 Å². The molecule has 6 N–H and O–H groups in total. The number of aromatic hydroxyl groups is 1. The van der Waals surface area contributed by atoms with E-state index < -0.39 is 33.9 Å². The number of benzene rings is 1. The van der Waals surface area contributed by atoms with Crippen LogP contribution in [-0.2, 0) is 17.9 Å². The molecule has 0 heterocycles. The van der Waals surface area contributed by atoms with Gasteiger partial charge in [0, 0.05) is 6.08 Å². The van der Waals surface area contributed by atoms with Gasteiger partial charge in [-0.05, 0) is 6.08 Å². The fourth-order valence-corrected chi connectivity index (χ4v) is 3.42. The van der Waals surface area contributed by atoms with E-state index in [0.717, 1.165) is 6.08 Å². The topological polar surface area (TPSA) is 181 Å². The molecule has 1 unspecified atom stereocenters. The van der Waals surface area contributed by atoms with E-state index in [1.165, 1.54) is 31.2 Å². The van der Waals surface area contributed by atoms with E-state index in [-0.39, 0.29) is 28.3 Å². The Hall–Kier alpha value is -1.96. The van der Waals surface area contributed by atoms with Crippen LogP contribution < -0.4 is 9.67 Å². The Balaban J connectivity index is 0.000000504. The van der Waals surface area contributed by atoms with Crippen LogP contribution in [-0.4, -0.2) is 62.1 Å².